The van der Waals surface area contributed by atoms with E-state index in [4.69, 9.17) is 21.8 Å². The predicted octanol–water partition coefficient (Wildman–Crippen LogP) is 3.95. The number of hydrogen-bond acceptors (Lipinski definition) is 3. The standard InChI is InChI=1S/C14H17ClN2O/c1-10(4-6-12-3-2-8-18-12)17-14-7-5-11(15)9-13(14)16/h2-3,5,7-10,17H,4,6,16H2,1H3. The van der Waals surface area contributed by atoms with Gasteiger partial charge in [0.2, 0.25) is 0 Å². The van der Waals surface area contributed by atoms with Crippen LogP contribution in [0.5, 0.6) is 0 Å². The summed E-state index contributed by atoms with van der Waals surface area (Å²) in [6.45, 7) is 2.12. The Balaban J connectivity index is 1.88. The number of aryl methyl sites for hydroxylation is 1. The summed E-state index contributed by atoms with van der Waals surface area (Å²) < 4.78 is 5.30. The van der Waals surface area contributed by atoms with Gasteiger partial charge in [-0.25, -0.2) is 0 Å². The van der Waals surface area contributed by atoms with E-state index in [-0.39, 0.29) is 0 Å². The van der Waals surface area contributed by atoms with Crippen molar-refractivity contribution in [1.82, 2.24) is 0 Å². The van der Waals surface area contributed by atoms with Gasteiger partial charge in [0.25, 0.3) is 0 Å². The van der Waals surface area contributed by atoms with Gasteiger partial charge < -0.3 is 15.5 Å². The third-order valence-electron chi connectivity index (χ3n) is 2.82. The number of nitrogen functional groups attached to an aromatic ring is 1. The minimum atomic E-state index is 0.318. The van der Waals surface area contributed by atoms with Crippen molar-refractivity contribution in [2.24, 2.45) is 0 Å². The Morgan fingerprint density at radius 2 is 2.22 bits per heavy atom. The molecule has 0 aliphatic heterocycles. The van der Waals surface area contributed by atoms with E-state index in [1.807, 2.05) is 24.3 Å². The van der Waals surface area contributed by atoms with E-state index in [0.29, 0.717) is 16.8 Å². The van der Waals surface area contributed by atoms with Crippen molar-refractivity contribution in [3.63, 3.8) is 0 Å². The summed E-state index contributed by atoms with van der Waals surface area (Å²) >= 11 is 5.86. The summed E-state index contributed by atoms with van der Waals surface area (Å²) in [5, 5.41) is 4.03. The monoisotopic (exact) mass is 264 g/mol. The van der Waals surface area contributed by atoms with Crippen molar-refractivity contribution >= 4 is 23.0 Å². The molecule has 18 heavy (non-hydrogen) atoms. The number of anilines is 2. The number of rotatable bonds is 5. The van der Waals surface area contributed by atoms with Crippen molar-refractivity contribution in [2.75, 3.05) is 11.1 Å². The first kappa shape index (κ1) is 12.8. The molecule has 0 amide bonds. The zero-order chi connectivity index (χ0) is 13.0. The molecule has 0 aliphatic carbocycles. The van der Waals surface area contributed by atoms with Gasteiger partial charge in [0, 0.05) is 17.5 Å². The Morgan fingerprint density at radius 1 is 1.39 bits per heavy atom. The quantitative estimate of drug-likeness (QED) is 0.804. The zero-order valence-electron chi connectivity index (χ0n) is 10.3. The second kappa shape index (κ2) is 5.83. The van der Waals surface area contributed by atoms with E-state index in [9.17, 15) is 0 Å². The highest BCUT2D eigenvalue weighted by molar-refractivity contribution is 6.31. The van der Waals surface area contributed by atoms with E-state index in [0.717, 1.165) is 24.3 Å². The van der Waals surface area contributed by atoms with Gasteiger partial charge in [-0.2, -0.15) is 0 Å². The summed E-state index contributed by atoms with van der Waals surface area (Å²) in [7, 11) is 0. The van der Waals surface area contributed by atoms with Crippen LogP contribution in [0.4, 0.5) is 11.4 Å². The maximum atomic E-state index is 5.89. The van der Waals surface area contributed by atoms with Crippen LogP contribution in [0.25, 0.3) is 0 Å². The summed E-state index contributed by atoms with van der Waals surface area (Å²) in [6.07, 6.45) is 3.59. The normalized spacial score (nSPS) is 12.3. The second-order valence-electron chi connectivity index (χ2n) is 4.39. The molecular weight excluding hydrogens is 248 g/mol. The largest absolute Gasteiger partial charge is 0.469 e. The maximum Gasteiger partial charge on any atom is 0.103 e. The van der Waals surface area contributed by atoms with E-state index < -0.39 is 0 Å². The summed E-state index contributed by atoms with van der Waals surface area (Å²) in [6, 6.07) is 9.70. The van der Waals surface area contributed by atoms with Crippen molar-refractivity contribution in [2.45, 2.75) is 25.8 Å². The minimum absolute atomic E-state index is 0.318. The predicted molar refractivity (Wildman–Crippen MR) is 76.0 cm³/mol. The third-order valence-corrected chi connectivity index (χ3v) is 3.05. The highest BCUT2D eigenvalue weighted by Gasteiger charge is 2.06. The molecular formula is C14H17ClN2O. The molecule has 1 atom stereocenters. The fourth-order valence-corrected chi connectivity index (χ4v) is 2.00. The Kier molecular flexibility index (Phi) is 4.15. The molecule has 0 spiro atoms. The van der Waals surface area contributed by atoms with Crippen LogP contribution in [0.2, 0.25) is 5.02 Å². The molecule has 0 saturated carbocycles. The molecule has 0 fully saturated rings. The lowest BCUT2D eigenvalue weighted by atomic mass is 10.1. The van der Waals surface area contributed by atoms with Gasteiger partial charge in [0.15, 0.2) is 0 Å². The van der Waals surface area contributed by atoms with Crippen LogP contribution >= 0.6 is 11.6 Å². The van der Waals surface area contributed by atoms with E-state index in [1.165, 1.54) is 0 Å². The zero-order valence-corrected chi connectivity index (χ0v) is 11.1. The van der Waals surface area contributed by atoms with Gasteiger partial charge in [-0.3, -0.25) is 0 Å². The van der Waals surface area contributed by atoms with Crippen molar-refractivity contribution < 1.29 is 4.42 Å². The lowest BCUT2D eigenvalue weighted by Gasteiger charge is -2.16. The number of furan rings is 1. The van der Waals surface area contributed by atoms with Crippen LogP contribution in [0.3, 0.4) is 0 Å². The summed E-state index contributed by atoms with van der Waals surface area (Å²) in [5.41, 5.74) is 7.49. The van der Waals surface area contributed by atoms with Gasteiger partial charge >= 0.3 is 0 Å². The molecule has 4 heteroatoms. The molecule has 3 nitrogen and oxygen atoms in total. The molecule has 0 aliphatic rings. The van der Waals surface area contributed by atoms with Crippen LogP contribution in [0, 0.1) is 0 Å². The van der Waals surface area contributed by atoms with Crippen LogP contribution in [-0.2, 0) is 6.42 Å². The Hall–Kier alpha value is -1.61. The first-order valence-electron chi connectivity index (χ1n) is 5.99. The molecule has 0 bridgehead atoms. The van der Waals surface area contributed by atoms with Crippen LogP contribution < -0.4 is 11.1 Å². The van der Waals surface area contributed by atoms with Gasteiger partial charge in [0.1, 0.15) is 5.76 Å². The van der Waals surface area contributed by atoms with Gasteiger partial charge in [0.05, 0.1) is 17.6 Å². The van der Waals surface area contributed by atoms with Crippen LogP contribution in [0.15, 0.2) is 41.0 Å². The number of nitrogens with two attached hydrogens (primary N) is 1. The molecule has 1 aromatic carbocycles. The van der Waals surface area contributed by atoms with Crippen molar-refractivity contribution in [3.05, 3.63) is 47.4 Å². The fourth-order valence-electron chi connectivity index (χ4n) is 1.82. The first-order valence-corrected chi connectivity index (χ1v) is 6.37. The Morgan fingerprint density at radius 3 is 2.89 bits per heavy atom. The SMILES string of the molecule is CC(CCc1ccco1)Nc1ccc(Cl)cc1N. The molecule has 1 heterocycles. The summed E-state index contributed by atoms with van der Waals surface area (Å²) in [5.74, 6) is 1.01. The van der Waals surface area contributed by atoms with E-state index in [2.05, 4.69) is 12.2 Å². The highest BCUT2D eigenvalue weighted by atomic mass is 35.5. The maximum absolute atomic E-state index is 5.89. The van der Waals surface area contributed by atoms with Gasteiger partial charge in [-0.15, -0.1) is 0 Å². The number of halogens is 1. The molecule has 3 N–H and O–H groups in total. The van der Waals surface area contributed by atoms with Gasteiger partial charge in [-0.1, -0.05) is 11.6 Å². The second-order valence-corrected chi connectivity index (χ2v) is 4.83. The molecule has 2 rings (SSSR count). The number of hydrogen-bond donors (Lipinski definition) is 2. The first-order chi connectivity index (χ1) is 8.65. The molecule has 2 aromatic rings. The number of benzene rings is 1. The minimum Gasteiger partial charge on any atom is -0.469 e. The van der Waals surface area contributed by atoms with Crippen LogP contribution in [-0.4, -0.2) is 6.04 Å². The lowest BCUT2D eigenvalue weighted by Crippen LogP contribution is -2.16. The average molecular weight is 265 g/mol. The topological polar surface area (TPSA) is 51.2 Å². The molecule has 0 radical (unpaired) electrons. The lowest BCUT2D eigenvalue weighted by molar-refractivity contribution is 0.495. The third kappa shape index (κ3) is 3.44. The van der Waals surface area contributed by atoms with Crippen molar-refractivity contribution in [3.8, 4) is 0 Å². The Bertz CT molecular complexity index is 497. The average Bonchev–Trinajstić information content (AvgIpc) is 2.83. The van der Waals surface area contributed by atoms with E-state index >= 15 is 0 Å². The van der Waals surface area contributed by atoms with Crippen LogP contribution in [0.1, 0.15) is 19.1 Å². The molecule has 1 aromatic heterocycles. The molecule has 1 unspecified atom stereocenters. The highest BCUT2D eigenvalue weighted by Crippen LogP contribution is 2.23. The Labute approximate surface area is 112 Å². The fraction of sp³-hybridized carbons (Fsp3) is 0.286. The van der Waals surface area contributed by atoms with Gasteiger partial charge in [-0.05, 0) is 43.7 Å². The smallest absolute Gasteiger partial charge is 0.103 e. The van der Waals surface area contributed by atoms with E-state index in [1.54, 1.807) is 12.3 Å². The number of nitrogens with one attached hydrogen (secondary N) is 1. The molecule has 96 valence electrons. The van der Waals surface area contributed by atoms with Crippen molar-refractivity contribution in [1.29, 1.82) is 0 Å². The molecule has 0 saturated heterocycles. The summed E-state index contributed by atoms with van der Waals surface area (Å²) in [4.78, 5) is 0.